The number of likely N-dealkylation sites (N-methyl/N-ethyl adjacent to an activating group) is 1. The number of carbonyl (C=O) groups is 1. The highest BCUT2D eigenvalue weighted by Gasteiger charge is 2.27. The van der Waals surface area contributed by atoms with Crippen LogP contribution in [-0.4, -0.2) is 73.4 Å². The van der Waals surface area contributed by atoms with Crippen LogP contribution in [0, 0.1) is 0 Å². The van der Waals surface area contributed by atoms with Crippen molar-refractivity contribution in [3.63, 3.8) is 0 Å². The summed E-state index contributed by atoms with van der Waals surface area (Å²) < 4.78 is 23.6. The molecule has 0 radical (unpaired) electrons. The fourth-order valence-corrected chi connectivity index (χ4v) is 9.36. The second-order valence-electron chi connectivity index (χ2n) is 21.0. The van der Waals surface area contributed by atoms with Crippen molar-refractivity contribution in [1.82, 2.24) is 5.32 Å². The van der Waals surface area contributed by atoms with Crippen molar-refractivity contribution < 1.29 is 32.9 Å². The van der Waals surface area contributed by atoms with Gasteiger partial charge in [0.2, 0.25) is 5.91 Å². The van der Waals surface area contributed by atoms with Crippen molar-refractivity contribution in [2.75, 3.05) is 40.9 Å². The monoisotopic (exact) mass is 954 g/mol. The summed E-state index contributed by atoms with van der Waals surface area (Å²) in [7, 11) is 1.58. The lowest BCUT2D eigenvalue weighted by Crippen LogP contribution is -2.45. The van der Waals surface area contributed by atoms with Gasteiger partial charge in [-0.1, -0.05) is 256 Å². The first-order chi connectivity index (χ1) is 32.0. The lowest BCUT2D eigenvalue weighted by molar-refractivity contribution is -0.870. The second kappa shape index (κ2) is 49.0. The smallest absolute Gasteiger partial charge is 0.387 e. The Hall–Kier alpha value is -1.02. The molecule has 66 heavy (non-hydrogen) atoms. The summed E-state index contributed by atoms with van der Waals surface area (Å²) in [5, 5.41) is 13.9. The predicted molar refractivity (Wildman–Crippen MR) is 286 cm³/mol. The Morgan fingerprint density at radius 2 is 0.818 bits per heavy atom. The maximum absolute atomic E-state index is 12.9. The van der Waals surface area contributed by atoms with Gasteiger partial charge in [0.25, 0.3) is 0 Å². The van der Waals surface area contributed by atoms with E-state index >= 15 is 0 Å². The molecule has 0 aliphatic heterocycles. The predicted octanol–water partition coefficient (Wildman–Crippen LogP) is 17.2. The zero-order valence-corrected chi connectivity index (χ0v) is 45.6. The van der Waals surface area contributed by atoms with E-state index in [9.17, 15) is 19.4 Å². The third-order valence-electron chi connectivity index (χ3n) is 13.2. The molecule has 3 N–H and O–H groups in total. The van der Waals surface area contributed by atoms with Crippen molar-refractivity contribution in [2.45, 2.75) is 296 Å². The number of amides is 1. The molecule has 0 rings (SSSR count). The van der Waals surface area contributed by atoms with Crippen molar-refractivity contribution in [1.29, 1.82) is 0 Å². The molecule has 8 nitrogen and oxygen atoms in total. The lowest BCUT2D eigenvalue weighted by Gasteiger charge is -2.25. The Morgan fingerprint density at radius 1 is 0.500 bits per heavy atom. The van der Waals surface area contributed by atoms with Crippen LogP contribution in [0.25, 0.3) is 0 Å². The molecule has 0 heterocycles. The zero-order valence-electron chi connectivity index (χ0n) is 44.7. The Kier molecular flexibility index (Phi) is 48.2. The van der Waals surface area contributed by atoms with E-state index in [1.165, 1.54) is 225 Å². The largest absolute Gasteiger partial charge is 0.472 e. The molecule has 0 bridgehead atoms. The van der Waals surface area contributed by atoms with Crippen LogP contribution in [0.1, 0.15) is 284 Å². The molecule has 3 unspecified atom stereocenters. The number of rotatable bonds is 53. The number of hydrogen-bond acceptors (Lipinski definition) is 5. The third kappa shape index (κ3) is 50.8. The summed E-state index contributed by atoms with van der Waals surface area (Å²) in [6, 6.07) is -0.842. The Bertz CT molecular complexity index is 1130. The molecule has 1 amide bonds. The summed E-state index contributed by atoms with van der Waals surface area (Å²) in [6.45, 7) is 4.83. The SMILES string of the molecule is CCCCCCCCCCC/C=C/C(O)C(COP(=O)(O)OCC[N+](C)(C)C)NC(=O)CCCCCCCCCCCCCCCCCCC/C=C\CCCCCCCCCCCCCC. The number of nitrogens with one attached hydrogen (secondary N) is 1. The third-order valence-corrected chi connectivity index (χ3v) is 14.1. The van der Waals surface area contributed by atoms with Crippen LogP contribution < -0.4 is 5.32 Å². The van der Waals surface area contributed by atoms with E-state index in [1.54, 1.807) is 6.08 Å². The number of aliphatic hydroxyl groups excluding tert-OH is 1. The molecule has 3 atom stereocenters. The van der Waals surface area contributed by atoms with Gasteiger partial charge in [0.15, 0.2) is 0 Å². The topological polar surface area (TPSA) is 105 Å². The van der Waals surface area contributed by atoms with E-state index in [2.05, 4.69) is 31.3 Å². The van der Waals surface area contributed by atoms with Gasteiger partial charge in [-0.05, 0) is 44.9 Å². The average Bonchev–Trinajstić information content (AvgIpc) is 3.28. The maximum atomic E-state index is 12.9. The summed E-state index contributed by atoms with van der Waals surface area (Å²) in [5.41, 5.74) is 0. The zero-order chi connectivity index (χ0) is 48.5. The molecule has 0 fully saturated rings. The second-order valence-corrected chi connectivity index (χ2v) is 22.5. The number of carbonyl (C=O) groups excluding carboxylic acids is 1. The Morgan fingerprint density at radius 3 is 1.17 bits per heavy atom. The molecule has 392 valence electrons. The summed E-state index contributed by atoms with van der Waals surface area (Å²) >= 11 is 0. The van der Waals surface area contributed by atoms with Gasteiger partial charge in [0.1, 0.15) is 13.2 Å². The molecular weight excluding hydrogens is 840 g/mol. The quantitative estimate of drug-likeness (QED) is 0.0243. The van der Waals surface area contributed by atoms with E-state index in [1.807, 2.05) is 27.2 Å². The minimum atomic E-state index is -4.34. The Labute approximate surface area is 411 Å². The molecule has 0 spiro atoms. The van der Waals surface area contributed by atoms with E-state index in [-0.39, 0.29) is 19.1 Å². The number of unbranched alkanes of at least 4 members (excludes halogenated alkanes) is 38. The Balaban J connectivity index is 3.94. The van der Waals surface area contributed by atoms with Gasteiger partial charge in [0, 0.05) is 6.42 Å². The van der Waals surface area contributed by atoms with Gasteiger partial charge in [0.05, 0.1) is 39.9 Å². The van der Waals surface area contributed by atoms with Crippen LogP contribution in [-0.2, 0) is 18.4 Å². The van der Waals surface area contributed by atoms with Crippen LogP contribution >= 0.6 is 7.82 Å². The standard InChI is InChI=1S/C57H113N2O6P/c1-6-8-10-12-14-16-18-19-20-21-22-23-24-25-26-27-28-29-30-31-32-33-34-35-36-37-38-39-41-43-45-47-49-51-57(61)58-55(54-65-66(62,63)64-53-52-59(3,4)5)56(60)50-48-46-44-42-40-17-15-13-11-9-7-2/h25-26,48,50,55-56,60H,6-24,27-47,49,51-54H2,1-5H3,(H-,58,61,62,63)/p+1/b26-25-,50-48+. The van der Waals surface area contributed by atoms with Gasteiger partial charge >= 0.3 is 7.82 Å². The molecule has 9 heteroatoms. The van der Waals surface area contributed by atoms with Crippen molar-refractivity contribution >= 4 is 13.7 Å². The molecule has 0 aromatic rings. The van der Waals surface area contributed by atoms with E-state index in [0.717, 1.165) is 38.5 Å². The fraction of sp³-hybridized carbons (Fsp3) is 0.912. The average molecular weight is 955 g/mol. The first kappa shape index (κ1) is 65.0. The summed E-state index contributed by atoms with van der Waals surface area (Å²) in [4.78, 5) is 23.2. The van der Waals surface area contributed by atoms with Crippen LogP contribution in [0.3, 0.4) is 0 Å². The van der Waals surface area contributed by atoms with Crippen molar-refractivity contribution in [3.05, 3.63) is 24.3 Å². The van der Waals surface area contributed by atoms with Crippen LogP contribution in [0.4, 0.5) is 0 Å². The number of phosphoric acid groups is 1. The van der Waals surface area contributed by atoms with Crippen molar-refractivity contribution in [3.8, 4) is 0 Å². The highest BCUT2D eigenvalue weighted by atomic mass is 31.2. The van der Waals surface area contributed by atoms with Crippen molar-refractivity contribution in [2.24, 2.45) is 0 Å². The van der Waals surface area contributed by atoms with Gasteiger partial charge < -0.3 is 19.8 Å². The number of nitrogens with zero attached hydrogens (tertiary/aromatic N) is 1. The highest BCUT2D eigenvalue weighted by molar-refractivity contribution is 7.47. The first-order valence-electron chi connectivity index (χ1n) is 28.7. The summed E-state index contributed by atoms with van der Waals surface area (Å²) in [6.07, 6.45) is 61.6. The van der Waals surface area contributed by atoms with Crippen LogP contribution in [0.5, 0.6) is 0 Å². The molecular formula is C57H114N2O6P+. The first-order valence-corrected chi connectivity index (χ1v) is 30.2. The molecule has 0 aliphatic carbocycles. The number of quaternary nitrogens is 1. The minimum absolute atomic E-state index is 0.0635. The number of allylic oxidation sites excluding steroid dienone is 3. The lowest BCUT2D eigenvalue weighted by atomic mass is 10.0. The van der Waals surface area contributed by atoms with Gasteiger partial charge in [-0.2, -0.15) is 0 Å². The highest BCUT2D eigenvalue weighted by Crippen LogP contribution is 2.43. The number of hydrogen-bond donors (Lipinski definition) is 3. The summed E-state index contributed by atoms with van der Waals surface area (Å²) in [5.74, 6) is -0.174. The minimum Gasteiger partial charge on any atom is -0.387 e. The van der Waals surface area contributed by atoms with Crippen LogP contribution in [0.15, 0.2) is 24.3 Å². The maximum Gasteiger partial charge on any atom is 0.472 e. The molecule has 0 aromatic carbocycles. The van der Waals surface area contributed by atoms with Gasteiger partial charge in [-0.25, -0.2) is 4.57 Å². The van der Waals surface area contributed by atoms with Crippen LogP contribution in [0.2, 0.25) is 0 Å². The van der Waals surface area contributed by atoms with E-state index < -0.39 is 20.0 Å². The fourth-order valence-electron chi connectivity index (χ4n) is 8.63. The van der Waals surface area contributed by atoms with Gasteiger partial charge in [-0.15, -0.1) is 0 Å². The number of aliphatic hydroxyl groups is 1. The van der Waals surface area contributed by atoms with E-state index in [4.69, 9.17) is 9.05 Å². The molecule has 0 aromatic heterocycles. The van der Waals surface area contributed by atoms with Gasteiger partial charge in [-0.3, -0.25) is 13.8 Å². The molecule has 0 saturated carbocycles. The molecule has 0 aliphatic rings. The number of phosphoric ester groups is 1. The molecule has 0 saturated heterocycles. The van der Waals surface area contributed by atoms with E-state index in [0.29, 0.717) is 17.4 Å². The normalized spacial score (nSPS) is 14.1.